The molecule has 9 nitrogen and oxygen atoms in total. The number of ketones is 4. The third kappa shape index (κ3) is 19.5. The van der Waals surface area contributed by atoms with Gasteiger partial charge in [0, 0.05) is 0 Å². The molecule has 0 bridgehead atoms. The van der Waals surface area contributed by atoms with Gasteiger partial charge < -0.3 is 25.3 Å². The van der Waals surface area contributed by atoms with E-state index < -0.39 is 47.9 Å². The predicted molar refractivity (Wildman–Crippen MR) is 60.0 cm³/mol. The molecule has 20 heavy (non-hydrogen) atoms. The maximum atomic E-state index is 10.1. The number of carboxylic acid groups (broad SMARTS) is 2. The minimum Gasteiger partial charge on any atom is -0.542 e. The van der Waals surface area contributed by atoms with Crippen LogP contribution >= 0.6 is 0 Å². The Kier molecular flexibility index (Phi) is 20.0. The normalized spacial score (nSPS) is 7.70. The van der Waals surface area contributed by atoms with E-state index in [-0.39, 0.29) is 54.4 Å². The zero-order valence-electron chi connectivity index (χ0n) is 10.9. The smallest absolute Gasteiger partial charge is 0.542 e. The van der Waals surface area contributed by atoms with Crippen molar-refractivity contribution in [2.24, 2.45) is 0 Å². The summed E-state index contributed by atoms with van der Waals surface area (Å²) < 4.78 is 0. The Morgan fingerprint density at radius 2 is 0.900 bits per heavy atom. The van der Waals surface area contributed by atoms with Crippen molar-refractivity contribution in [1.29, 1.82) is 0 Å². The Morgan fingerprint density at radius 3 is 0.950 bits per heavy atom. The van der Waals surface area contributed by atoms with E-state index in [0.717, 1.165) is 13.8 Å². The van der Waals surface area contributed by atoms with E-state index in [1.807, 2.05) is 0 Å². The van der Waals surface area contributed by atoms with E-state index in [2.05, 4.69) is 0 Å². The van der Waals surface area contributed by atoms with E-state index in [9.17, 15) is 39.0 Å². The summed E-state index contributed by atoms with van der Waals surface area (Å²) in [5.74, 6) is -6.87. The summed E-state index contributed by atoms with van der Waals surface area (Å²) in [5, 5.41) is 19.2. The van der Waals surface area contributed by atoms with Gasteiger partial charge in [0.15, 0.2) is 11.6 Å². The zero-order valence-corrected chi connectivity index (χ0v) is 15.3. The van der Waals surface area contributed by atoms with E-state index in [1.54, 1.807) is 0 Å². The van der Waals surface area contributed by atoms with Gasteiger partial charge in [0.05, 0.1) is 12.8 Å². The molecule has 0 saturated heterocycles. The van der Waals surface area contributed by atoms with Gasteiger partial charge in [0.25, 0.3) is 0 Å². The molecule has 2 N–H and O–H groups in total. The minimum absolute atomic E-state index is 0. The Morgan fingerprint density at radius 1 is 0.700 bits per heavy atom. The Bertz CT molecular complexity index is 362. The summed E-state index contributed by atoms with van der Waals surface area (Å²) in [4.78, 5) is 59.5. The third-order valence-electron chi connectivity index (χ3n) is 1.27. The number of carboxylic acids is 2. The molecule has 108 valence electrons. The first-order valence-corrected chi connectivity index (χ1v) is 4.55. The van der Waals surface area contributed by atoms with Gasteiger partial charge in [0.1, 0.15) is 23.5 Å². The van der Waals surface area contributed by atoms with E-state index in [0.29, 0.717) is 0 Å². The molecule has 0 fully saturated rings. The van der Waals surface area contributed by atoms with Gasteiger partial charge in [0.2, 0.25) is 0 Å². The first-order chi connectivity index (χ1) is 8.07. The van der Waals surface area contributed by atoms with Crippen LogP contribution in [0.4, 0.5) is 0 Å². The van der Waals surface area contributed by atoms with Crippen LogP contribution in [0.2, 0.25) is 0 Å². The van der Waals surface area contributed by atoms with Crippen LogP contribution in [0, 0.1) is 0 Å². The summed E-state index contributed by atoms with van der Waals surface area (Å²) in [7, 11) is 0. The molecule has 0 aliphatic carbocycles. The monoisotopic (exact) mass is 414 g/mol. The molecule has 0 aromatic rings. The van der Waals surface area contributed by atoms with Crippen LogP contribution in [0.3, 0.4) is 0 Å². The standard InChI is InChI=1S/2C5H6O4.Ba.H2O/c2*1-3(6)2-4(7)5(8)9;;/h2*2H2,1H3,(H,8,9);;1H2/q;;+2;/p-2. The van der Waals surface area contributed by atoms with Crippen molar-refractivity contribution in [1.82, 2.24) is 0 Å². The Balaban J connectivity index is -0.000000116. The molecule has 0 saturated carbocycles. The molecule has 0 spiro atoms. The van der Waals surface area contributed by atoms with E-state index >= 15 is 0 Å². The Hall–Kier alpha value is -0.849. The molecule has 0 amide bonds. The summed E-state index contributed by atoms with van der Waals surface area (Å²) in [6.45, 7) is 2.28. The maximum Gasteiger partial charge on any atom is 2.00 e. The molecule has 0 rings (SSSR count). The predicted octanol–water partition coefficient (Wildman–Crippen LogP) is -4.64. The summed E-state index contributed by atoms with van der Waals surface area (Å²) in [5.41, 5.74) is 0. The second kappa shape index (κ2) is 14.6. The number of Topliss-reactive ketones (excluding diaryl/α,β-unsaturated/α-hetero) is 4. The van der Waals surface area contributed by atoms with Crippen LogP contribution in [-0.4, -0.2) is 89.4 Å². The van der Waals surface area contributed by atoms with Crippen molar-refractivity contribution in [2.75, 3.05) is 0 Å². The van der Waals surface area contributed by atoms with Crippen molar-refractivity contribution in [3.05, 3.63) is 0 Å². The van der Waals surface area contributed by atoms with Crippen LogP contribution in [0.5, 0.6) is 0 Å². The van der Waals surface area contributed by atoms with Gasteiger partial charge in [-0.15, -0.1) is 0 Å². The maximum absolute atomic E-state index is 10.1. The number of carbonyl (C=O) groups excluding carboxylic acids is 6. The number of carbonyl (C=O) groups is 6. The SMILES string of the molecule is CC(=O)CC(=O)C(=O)[O-].CC(=O)CC(=O)C(=O)[O-].O.[Ba+2]. The number of aliphatic carboxylic acids is 2. The molecule has 0 radical (unpaired) electrons. The van der Waals surface area contributed by atoms with Crippen LogP contribution in [0.15, 0.2) is 0 Å². The van der Waals surface area contributed by atoms with Crippen molar-refractivity contribution in [2.45, 2.75) is 26.7 Å². The van der Waals surface area contributed by atoms with Gasteiger partial charge in [-0.25, -0.2) is 0 Å². The topological polar surface area (TPSA) is 180 Å². The summed E-state index contributed by atoms with van der Waals surface area (Å²) in [6, 6.07) is 0. The van der Waals surface area contributed by atoms with Crippen LogP contribution < -0.4 is 10.2 Å². The number of hydrogen-bond acceptors (Lipinski definition) is 8. The molecular formula is C10H12BaO9. The van der Waals surface area contributed by atoms with E-state index in [1.165, 1.54) is 0 Å². The van der Waals surface area contributed by atoms with Crippen molar-refractivity contribution >= 4 is 84.0 Å². The summed E-state index contributed by atoms with van der Waals surface area (Å²) in [6.07, 6.45) is -1.13. The molecular weight excluding hydrogens is 401 g/mol. The van der Waals surface area contributed by atoms with Crippen molar-refractivity contribution in [3.8, 4) is 0 Å². The fourth-order valence-electron chi connectivity index (χ4n) is 0.597. The quantitative estimate of drug-likeness (QED) is 0.237. The second-order valence-corrected chi connectivity index (χ2v) is 3.18. The molecule has 0 aromatic carbocycles. The fraction of sp³-hybridized carbons (Fsp3) is 0.400. The van der Waals surface area contributed by atoms with Gasteiger partial charge in [-0.2, -0.15) is 0 Å². The molecule has 0 heterocycles. The van der Waals surface area contributed by atoms with Crippen molar-refractivity contribution < 1.29 is 44.5 Å². The van der Waals surface area contributed by atoms with Gasteiger partial charge in [-0.05, 0) is 13.8 Å². The van der Waals surface area contributed by atoms with Crippen LogP contribution in [-0.2, 0) is 28.8 Å². The van der Waals surface area contributed by atoms with Gasteiger partial charge >= 0.3 is 48.9 Å². The van der Waals surface area contributed by atoms with Crippen LogP contribution in [0.1, 0.15) is 26.7 Å². The molecule has 10 heteroatoms. The average molecular weight is 414 g/mol. The van der Waals surface area contributed by atoms with Gasteiger partial charge in [-0.3, -0.25) is 19.2 Å². The van der Waals surface area contributed by atoms with Crippen molar-refractivity contribution in [3.63, 3.8) is 0 Å². The molecule has 0 aliphatic heterocycles. The molecule has 0 aromatic heterocycles. The van der Waals surface area contributed by atoms with Gasteiger partial charge in [-0.1, -0.05) is 0 Å². The first kappa shape index (κ1) is 27.5. The molecule has 0 atom stereocenters. The molecule has 0 unspecified atom stereocenters. The van der Waals surface area contributed by atoms with Crippen LogP contribution in [0.25, 0.3) is 0 Å². The fourth-order valence-corrected chi connectivity index (χ4v) is 0.597. The Labute approximate surface area is 154 Å². The molecule has 0 aliphatic rings. The first-order valence-electron chi connectivity index (χ1n) is 4.55. The summed E-state index contributed by atoms with van der Waals surface area (Å²) >= 11 is 0. The second-order valence-electron chi connectivity index (χ2n) is 3.18. The minimum atomic E-state index is -1.80. The van der Waals surface area contributed by atoms with E-state index in [4.69, 9.17) is 0 Å². The zero-order chi connectivity index (χ0) is 14.9. The largest absolute Gasteiger partial charge is 2.00 e. The average Bonchev–Trinajstić information content (AvgIpc) is 2.16. The number of rotatable bonds is 6. The third-order valence-corrected chi connectivity index (χ3v) is 1.27. The number of hydrogen-bond donors (Lipinski definition) is 0.